The second-order valence-corrected chi connectivity index (χ2v) is 8.88. The molecule has 9 heteroatoms. The Bertz CT molecular complexity index is 960. The average Bonchev–Trinajstić information content (AvgIpc) is 3.01. The van der Waals surface area contributed by atoms with Gasteiger partial charge in [0.25, 0.3) is 0 Å². The minimum Gasteiger partial charge on any atom is -0.427 e. The zero-order chi connectivity index (χ0) is 23.3. The summed E-state index contributed by atoms with van der Waals surface area (Å²) in [6.45, 7) is 3.64. The molecule has 1 aliphatic heterocycles. The van der Waals surface area contributed by atoms with E-state index in [-0.39, 0.29) is 31.8 Å². The van der Waals surface area contributed by atoms with Gasteiger partial charge in [0.15, 0.2) is 0 Å². The number of nitrogens with zero attached hydrogens (tertiary/aromatic N) is 1. The smallest absolute Gasteiger partial charge is 0.427 e. The van der Waals surface area contributed by atoms with Crippen molar-refractivity contribution in [3.8, 4) is 11.1 Å². The maximum atomic E-state index is 14.2. The van der Waals surface area contributed by atoms with Crippen molar-refractivity contribution in [3.63, 3.8) is 0 Å². The third-order valence-corrected chi connectivity index (χ3v) is 6.28. The van der Waals surface area contributed by atoms with Crippen LogP contribution in [0.15, 0.2) is 42.5 Å². The van der Waals surface area contributed by atoms with Gasteiger partial charge in [0.1, 0.15) is 12.0 Å². The van der Waals surface area contributed by atoms with Gasteiger partial charge >= 0.3 is 14.5 Å². The molecule has 32 heavy (non-hydrogen) atoms. The second kappa shape index (κ2) is 10.6. The molecule has 0 aliphatic carbocycles. The topological polar surface area (TPSA) is 66.8 Å². The standard InChI is InChI=1S/C23H27B2ClFNO4/c1-3-10-23(14-32-25(2)31)13-19(28(22(23)30)24-15-29)11-16-4-6-17(7-5-16)20-12-18(26)8-9-21(20)27/h4-9,12,15,19,24,31H,3,10-11,13-14H2,1-2H3/t19-,23?/m1/s1. The first kappa shape index (κ1) is 24.5. The molecular weight excluding hydrogens is 430 g/mol. The van der Waals surface area contributed by atoms with Crippen LogP contribution >= 0.6 is 11.6 Å². The van der Waals surface area contributed by atoms with Crippen LogP contribution in [-0.2, 0) is 20.7 Å². The number of hydrogen-bond donors (Lipinski definition) is 1. The molecule has 0 bridgehead atoms. The fourth-order valence-corrected chi connectivity index (χ4v) is 4.76. The first-order valence-electron chi connectivity index (χ1n) is 10.9. The molecule has 1 unspecified atom stereocenters. The molecule has 5 nitrogen and oxygen atoms in total. The minimum atomic E-state index is -0.963. The Morgan fingerprint density at radius 2 is 2.06 bits per heavy atom. The highest BCUT2D eigenvalue weighted by Gasteiger charge is 2.50. The van der Waals surface area contributed by atoms with Gasteiger partial charge in [-0.2, -0.15) is 0 Å². The summed E-state index contributed by atoms with van der Waals surface area (Å²) in [5.74, 6) is -0.446. The lowest BCUT2D eigenvalue weighted by Crippen LogP contribution is -2.43. The number of amides is 1. The van der Waals surface area contributed by atoms with Crippen LogP contribution < -0.4 is 0 Å². The summed E-state index contributed by atoms with van der Waals surface area (Å²) in [4.78, 5) is 26.2. The number of carbonyl (C=O) groups excluding carboxylic acids is 2. The molecule has 1 fully saturated rings. The summed E-state index contributed by atoms with van der Waals surface area (Å²) in [5, 5.41) is 10.0. The van der Waals surface area contributed by atoms with E-state index in [4.69, 9.17) is 16.3 Å². The Morgan fingerprint density at radius 3 is 2.69 bits per heavy atom. The fourth-order valence-electron chi connectivity index (χ4n) is 4.59. The van der Waals surface area contributed by atoms with E-state index in [2.05, 4.69) is 0 Å². The molecule has 168 valence electrons. The molecule has 0 saturated carbocycles. The van der Waals surface area contributed by atoms with Gasteiger partial charge in [-0.1, -0.05) is 49.2 Å². The van der Waals surface area contributed by atoms with Crippen LogP contribution in [-0.4, -0.2) is 49.1 Å². The first-order valence-corrected chi connectivity index (χ1v) is 11.3. The molecular formula is C23H27B2ClFNO4. The molecule has 1 aliphatic rings. The van der Waals surface area contributed by atoms with Gasteiger partial charge in [-0.15, -0.1) is 0 Å². The molecule has 1 heterocycles. The normalized spacial score (nSPS) is 20.5. The third kappa shape index (κ3) is 5.42. The van der Waals surface area contributed by atoms with Gasteiger partial charge in [-0.25, -0.2) is 4.39 Å². The Balaban J connectivity index is 1.82. The van der Waals surface area contributed by atoms with E-state index in [0.717, 1.165) is 18.2 Å². The molecule has 3 rings (SSSR count). The largest absolute Gasteiger partial charge is 0.450 e. The number of halogens is 2. The Labute approximate surface area is 194 Å². The van der Waals surface area contributed by atoms with Gasteiger partial charge in [0.2, 0.25) is 5.91 Å². The van der Waals surface area contributed by atoms with E-state index in [1.54, 1.807) is 10.9 Å². The summed E-state index contributed by atoms with van der Waals surface area (Å²) in [7, 11) is -0.940. The molecule has 1 N–H and O–H groups in total. The molecule has 0 spiro atoms. The third-order valence-electron chi connectivity index (χ3n) is 6.05. The van der Waals surface area contributed by atoms with E-state index >= 15 is 0 Å². The lowest BCUT2D eigenvalue weighted by atomic mass is 9.79. The predicted molar refractivity (Wildman–Crippen MR) is 127 cm³/mol. The number of hydrogen-bond acceptors (Lipinski definition) is 4. The molecule has 2 atom stereocenters. The van der Waals surface area contributed by atoms with Crippen molar-refractivity contribution in [3.05, 3.63) is 58.9 Å². The molecule has 1 amide bonds. The average molecular weight is 458 g/mol. The monoisotopic (exact) mass is 457 g/mol. The Kier molecular flexibility index (Phi) is 8.15. The van der Waals surface area contributed by atoms with Crippen LogP contribution in [0.25, 0.3) is 11.1 Å². The van der Waals surface area contributed by atoms with E-state index in [9.17, 15) is 19.0 Å². The highest BCUT2D eigenvalue weighted by Crippen LogP contribution is 2.41. The van der Waals surface area contributed by atoms with Crippen molar-refractivity contribution in [1.82, 2.24) is 4.81 Å². The number of benzene rings is 2. The zero-order valence-corrected chi connectivity index (χ0v) is 19.1. The lowest BCUT2D eigenvalue weighted by Gasteiger charge is -2.27. The molecule has 0 radical (unpaired) electrons. The maximum Gasteiger partial charge on any atom is 0.450 e. The molecule has 1 saturated heterocycles. The maximum absolute atomic E-state index is 14.2. The summed E-state index contributed by atoms with van der Waals surface area (Å²) in [6, 6.07) is 11.8. The number of rotatable bonds is 10. The van der Waals surface area contributed by atoms with Crippen molar-refractivity contribution < 1.29 is 23.7 Å². The van der Waals surface area contributed by atoms with Gasteiger partial charge in [-0.05, 0) is 55.4 Å². The highest BCUT2D eigenvalue weighted by molar-refractivity contribution is 6.66. The summed E-state index contributed by atoms with van der Waals surface area (Å²) in [5.41, 5.74) is 1.38. The first-order chi connectivity index (χ1) is 15.3. The predicted octanol–water partition coefficient (Wildman–Crippen LogP) is 3.74. The van der Waals surface area contributed by atoms with E-state index < -0.39 is 12.5 Å². The molecule has 2 aromatic carbocycles. The SMILES string of the molecule is CCCC1(COB(C)O)C[C@@H](Cc2ccc(-c3cc(Cl)ccc3F)cc2)N(BC=O)C1=O. The van der Waals surface area contributed by atoms with Crippen molar-refractivity contribution in [2.24, 2.45) is 5.41 Å². The van der Waals surface area contributed by atoms with Crippen LogP contribution in [0.1, 0.15) is 31.7 Å². The van der Waals surface area contributed by atoms with E-state index in [0.29, 0.717) is 35.4 Å². The van der Waals surface area contributed by atoms with Crippen molar-refractivity contribution in [1.29, 1.82) is 0 Å². The molecule has 0 aromatic heterocycles. The van der Waals surface area contributed by atoms with Crippen LogP contribution in [0.5, 0.6) is 0 Å². The Morgan fingerprint density at radius 1 is 1.34 bits per heavy atom. The summed E-state index contributed by atoms with van der Waals surface area (Å²) in [6.07, 6.45) is 3.27. The van der Waals surface area contributed by atoms with E-state index in [1.807, 2.05) is 31.2 Å². The number of carbonyl (C=O) groups is 2. The van der Waals surface area contributed by atoms with Crippen molar-refractivity contribution in [2.45, 2.75) is 45.5 Å². The minimum absolute atomic E-state index is 0.0233. The summed E-state index contributed by atoms with van der Waals surface area (Å²) >= 11 is 6.01. The van der Waals surface area contributed by atoms with Crippen LogP contribution in [0, 0.1) is 11.2 Å². The fraction of sp³-hybridized carbons (Fsp3) is 0.391. The quantitative estimate of drug-likeness (QED) is 0.436. The van der Waals surface area contributed by atoms with Crippen LogP contribution in [0.3, 0.4) is 0 Å². The van der Waals surface area contributed by atoms with E-state index in [1.165, 1.54) is 19.0 Å². The van der Waals surface area contributed by atoms with Gasteiger partial charge in [-0.3, -0.25) is 4.79 Å². The van der Waals surface area contributed by atoms with Crippen molar-refractivity contribution >= 4 is 38.2 Å². The van der Waals surface area contributed by atoms with Crippen LogP contribution in [0.2, 0.25) is 11.8 Å². The van der Waals surface area contributed by atoms with Gasteiger partial charge < -0.3 is 19.3 Å². The van der Waals surface area contributed by atoms with Crippen LogP contribution in [0.4, 0.5) is 4.39 Å². The second-order valence-electron chi connectivity index (χ2n) is 8.45. The molecule has 2 aromatic rings. The zero-order valence-electron chi connectivity index (χ0n) is 18.4. The lowest BCUT2D eigenvalue weighted by molar-refractivity contribution is -0.134. The highest BCUT2D eigenvalue weighted by atomic mass is 35.5. The van der Waals surface area contributed by atoms with Gasteiger partial charge in [0.05, 0.1) is 5.41 Å². The summed E-state index contributed by atoms with van der Waals surface area (Å²) < 4.78 is 19.6. The van der Waals surface area contributed by atoms with Crippen molar-refractivity contribution in [2.75, 3.05) is 6.61 Å². The Hall–Kier alpha value is -2.15. The van der Waals surface area contributed by atoms with Gasteiger partial charge in [0, 0.05) is 23.2 Å².